The summed E-state index contributed by atoms with van der Waals surface area (Å²) in [7, 11) is 0. The number of hydrogen-bond acceptors (Lipinski definition) is 7. The van der Waals surface area contributed by atoms with Crippen LogP contribution in [0.1, 0.15) is 27.0 Å². The zero-order valence-electron chi connectivity index (χ0n) is 24.0. The van der Waals surface area contributed by atoms with E-state index in [1.165, 1.54) is 28.1 Å². The molecule has 0 bridgehead atoms. The number of rotatable bonds is 9. The first-order valence-electron chi connectivity index (χ1n) is 14.2. The number of aromatic hydroxyl groups is 1. The van der Waals surface area contributed by atoms with E-state index in [0.29, 0.717) is 5.56 Å². The van der Waals surface area contributed by atoms with Crippen molar-refractivity contribution in [2.24, 2.45) is 0 Å². The standard InChI is InChI=1S/C32H34N6O6/c1-2-15-36-21-29(40)37-27(17-22-11-13-26(39)14-12-22)31(42)35(19-24-9-6-10-25(16-24)30(41)34-44)20-28(37)38(36)32(43)33-18-23-7-4-3-5-8-23/h2-14,16,27-28,39,44H,1,15,17-21H2,(H,33,43)(H,34,41). The maximum Gasteiger partial charge on any atom is 0.334 e. The molecule has 2 aliphatic heterocycles. The van der Waals surface area contributed by atoms with Gasteiger partial charge in [-0.2, -0.15) is 0 Å². The van der Waals surface area contributed by atoms with Gasteiger partial charge in [0.2, 0.25) is 11.8 Å². The molecule has 5 rings (SSSR count). The van der Waals surface area contributed by atoms with Crippen molar-refractivity contribution >= 4 is 23.8 Å². The minimum atomic E-state index is -0.940. The van der Waals surface area contributed by atoms with Crippen LogP contribution in [0.4, 0.5) is 4.79 Å². The van der Waals surface area contributed by atoms with Crippen molar-refractivity contribution in [3.05, 3.63) is 114 Å². The molecular formula is C32H34N6O6. The van der Waals surface area contributed by atoms with E-state index in [4.69, 9.17) is 5.21 Å². The van der Waals surface area contributed by atoms with E-state index in [0.717, 1.165) is 11.1 Å². The van der Waals surface area contributed by atoms with Crippen LogP contribution < -0.4 is 10.8 Å². The van der Waals surface area contributed by atoms with Gasteiger partial charge in [-0.3, -0.25) is 19.6 Å². The number of nitrogens with zero attached hydrogens (tertiary/aromatic N) is 4. The Morgan fingerprint density at radius 3 is 2.39 bits per heavy atom. The van der Waals surface area contributed by atoms with Crippen LogP contribution in [0, 0.1) is 0 Å². The zero-order valence-corrected chi connectivity index (χ0v) is 24.0. The summed E-state index contributed by atoms with van der Waals surface area (Å²) in [6, 6.07) is 21.0. The van der Waals surface area contributed by atoms with Crippen LogP contribution in [0.3, 0.4) is 0 Å². The second-order valence-corrected chi connectivity index (χ2v) is 10.7. The summed E-state index contributed by atoms with van der Waals surface area (Å²) in [5.41, 5.74) is 4.08. The zero-order chi connectivity index (χ0) is 31.2. The Kier molecular flexibility index (Phi) is 9.22. The number of amides is 5. The number of carbonyl (C=O) groups excluding carboxylic acids is 4. The summed E-state index contributed by atoms with van der Waals surface area (Å²) >= 11 is 0. The van der Waals surface area contributed by atoms with Crippen LogP contribution in [0.2, 0.25) is 0 Å². The van der Waals surface area contributed by atoms with Crippen LogP contribution >= 0.6 is 0 Å². The van der Waals surface area contributed by atoms with E-state index in [9.17, 15) is 24.3 Å². The molecule has 2 atom stereocenters. The molecular weight excluding hydrogens is 564 g/mol. The molecule has 2 heterocycles. The molecule has 4 N–H and O–H groups in total. The molecule has 12 heteroatoms. The molecule has 228 valence electrons. The van der Waals surface area contributed by atoms with Gasteiger partial charge in [0.25, 0.3) is 5.91 Å². The van der Waals surface area contributed by atoms with E-state index in [1.807, 2.05) is 30.3 Å². The normalized spacial score (nSPS) is 18.5. The molecule has 2 saturated heterocycles. The van der Waals surface area contributed by atoms with Crippen molar-refractivity contribution in [3.63, 3.8) is 0 Å². The molecule has 0 saturated carbocycles. The predicted octanol–water partition coefficient (Wildman–Crippen LogP) is 2.25. The largest absolute Gasteiger partial charge is 0.508 e. The third-order valence-electron chi connectivity index (χ3n) is 7.69. The lowest BCUT2D eigenvalue weighted by Crippen LogP contribution is -2.76. The fourth-order valence-corrected chi connectivity index (χ4v) is 5.65. The monoisotopic (exact) mass is 598 g/mol. The smallest absolute Gasteiger partial charge is 0.334 e. The number of phenols is 1. The van der Waals surface area contributed by atoms with Gasteiger partial charge >= 0.3 is 6.03 Å². The minimum Gasteiger partial charge on any atom is -0.508 e. The van der Waals surface area contributed by atoms with E-state index in [-0.39, 0.29) is 62.3 Å². The number of benzene rings is 3. The van der Waals surface area contributed by atoms with Crippen molar-refractivity contribution < 1.29 is 29.5 Å². The van der Waals surface area contributed by atoms with Gasteiger partial charge in [0.1, 0.15) is 18.0 Å². The number of piperazine rings is 1. The number of hydrogen-bond donors (Lipinski definition) is 4. The summed E-state index contributed by atoms with van der Waals surface area (Å²) in [5, 5.41) is 24.9. The SMILES string of the molecule is C=CCN1CC(=O)N2C(Cc3ccc(O)cc3)C(=O)N(Cc3cccc(C(=O)NO)c3)CC2N1C(=O)NCc1ccccc1. The molecule has 0 radical (unpaired) electrons. The molecule has 0 aliphatic carbocycles. The highest BCUT2D eigenvalue weighted by Gasteiger charge is 2.51. The maximum atomic E-state index is 14.1. The lowest BCUT2D eigenvalue weighted by Gasteiger charge is -2.55. The number of hydrazine groups is 1. The van der Waals surface area contributed by atoms with Crippen LogP contribution in [-0.4, -0.2) is 85.7 Å². The highest BCUT2D eigenvalue weighted by atomic mass is 16.5. The van der Waals surface area contributed by atoms with Gasteiger partial charge in [-0.05, 0) is 41.0 Å². The Morgan fingerprint density at radius 1 is 0.955 bits per heavy atom. The van der Waals surface area contributed by atoms with Gasteiger partial charge in [-0.1, -0.05) is 60.7 Å². The van der Waals surface area contributed by atoms with Gasteiger partial charge in [-0.25, -0.2) is 20.3 Å². The van der Waals surface area contributed by atoms with E-state index < -0.39 is 24.1 Å². The second-order valence-electron chi connectivity index (χ2n) is 10.7. The summed E-state index contributed by atoms with van der Waals surface area (Å²) < 4.78 is 0. The molecule has 2 unspecified atom stereocenters. The molecule has 3 aromatic carbocycles. The topological polar surface area (TPSA) is 146 Å². The van der Waals surface area contributed by atoms with Gasteiger partial charge in [-0.15, -0.1) is 6.58 Å². The Morgan fingerprint density at radius 2 is 1.68 bits per heavy atom. The number of phenolic OH excluding ortho intramolecular Hbond substituents is 1. The molecule has 2 fully saturated rings. The first kappa shape index (κ1) is 30.3. The fourth-order valence-electron chi connectivity index (χ4n) is 5.65. The van der Waals surface area contributed by atoms with Gasteiger partial charge < -0.3 is 20.2 Å². The summed E-state index contributed by atoms with van der Waals surface area (Å²) in [4.78, 5) is 56.7. The third-order valence-corrected chi connectivity index (χ3v) is 7.69. The third kappa shape index (κ3) is 6.56. The molecule has 12 nitrogen and oxygen atoms in total. The van der Waals surface area contributed by atoms with Gasteiger partial charge in [0.05, 0.1) is 13.1 Å². The quantitative estimate of drug-likeness (QED) is 0.168. The fraction of sp³-hybridized carbons (Fsp3) is 0.250. The molecule has 44 heavy (non-hydrogen) atoms. The van der Waals surface area contributed by atoms with Gasteiger partial charge in [0, 0.05) is 31.6 Å². The summed E-state index contributed by atoms with van der Waals surface area (Å²) in [6.45, 7) is 4.27. The Bertz CT molecular complexity index is 1530. The Hall–Kier alpha value is -5.20. The number of carbonyl (C=O) groups is 4. The average molecular weight is 599 g/mol. The summed E-state index contributed by atoms with van der Waals surface area (Å²) in [6.07, 6.45) is 0.930. The highest BCUT2D eigenvalue weighted by Crippen LogP contribution is 2.29. The average Bonchev–Trinajstić information content (AvgIpc) is 3.03. The molecule has 0 aromatic heterocycles. The van der Waals surface area contributed by atoms with Crippen LogP contribution in [-0.2, 0) is 29.1 Å². The van der Waals surface area contributed by atoms with Crippen molar-refractivity contribution in [1.82, 2.24) is 30.6 Å². The predicted molar refractivity (Wildman–Crippen MR) is 160 cm³/mol. The van der Waals surface area contributed by atoms with Crippen LogP contribution in [0.5, 0.6) is 5.75 Å². The van der Waals surface area contributed by atoms with E-state index in [1.54, 1.807) is 51.8 Å². The van der Waals surface area contributed by atoms with Crippen molar-refractivity contribution in [1.29, 1.82) is 0 Å². The lowest BCUT2D eigenvalue weighted by atomic mass is 9.98. The second kappa shape index (κ2) is 13.4. The number of fused-ring (bicyclic) bond motifs is 1. The van der Waals surface area contributed by atoms with Crippen LogP contribution in [0.25, 0.3) is 0 Å². The first-order valence-corrected chi connectivity index (χ1v) is 14.2. The molecule has 0 spiro atoms. The maximum absolute atomic E-state index is 14.1. The first-order chi connectivity index (χ1) is 21.3. The minimum absolute atomic E-state index is 0.0134. The number of urea groups is 1. The Balaban J connectivity index is 1.50. The molecule has 5 amide bonds. The lowest BCUT2D eigenvalue weighted by molar-refractivity contribution is -0.189. The van der Waals surface area contributed by atoms with Crippen LogP contribution in [0.15, 0.2) is 91.5 Å². The number of hydroxylamine groups is 1. The Labute approximate surface area is 254 Å². The highest BCUT2D eigenvalue weighted by molar-refractivity contribution is 5.94. The van der Waals surface area contributed by atoms with Crippen molar-refractivity contribution in [2.75, 3.05) is 19.6 Å². The number of nitrogens with one attached hydrogen (secondary N) is 2. The summed E-state index contributed by atoms with van der Waals surface area (Å²) in [5.74, 6) is -1.23. The van der Waals surface area contributed by atoms with Gasteiger partial charge in [0.15, 0.2) is 0 Å². The molecule has 3 aromatic rings. The van der Waals surface area contributed by atoms with Crippen molar-refractivity contribution in [3.8, 4) is 5.75 Å². The van der Waals surface area contributed by atoms with E-state index in [2.05, 4.69) is 11.9 Å². The van der Waals surface area contributed by atoms with E-state index >= 15 is 0 Å². The molecule has 2 aliphatic rings. The van der Waals surface area contributed by atoms with Crippen molar-refractivity contribution in [2.45, 2.75) is 31.7 Å².